The highest BCUT2D eigenvalue weighted by Crippen LogP contribution is 2.48. The predicted octanol–water partition coefficient (Wildman–Crippen LogP) is 9.76. The maximum atomic E-state index is 14.1. The Kier molecular flexibility index (Phi) is 12.4. The number of methoxy groups -OCH3 is 1. The highest BCUT2D eigenvalue weighted by molar-refractivity contribution is 6.04. The SMILES string of the molecule is CO[C@H]1O[C@H](C(O)C(=O)c2ccc(C=C(C)c3ccc4c(c3)C(C)(C)CCC4(C)C)cc2)[C@@H](O)[C@@](O)(C(=O)c2ccc(C=C(C)c3ccc4c(c3)C(C)(C)CCC4(C)C)cc2)[C@H]1O. The van der Waals surface area contributed by atoms with Crippen molar-refractivity contribution in [2.45, 2.75) is 153 Å². The van der Waals surface area contributed by atoms with E-state index in [0.29, 0.717) is 0 Å². The number of fused-ring (bicyclic) bond motifs is 2. The second-order valence-electron chi connectivity index (χ2n) is 21.0. The molecule has 8 heteroatoms. The normalized spacial score (nSPS) is 26.6. The minimum Gasteiger partial charge on any atom is -0.387 e. The maximum Gasteiger partial charge on any atom is 0.200 e. The van der Waals surface area contributed by atoms with Crippen LogP contribution in [0.3, 0.4) is 0 Å². The molecule has 7 rings (SSSR count). The van der Waals surface area contributed by atoms with E-state index >= 15 is 0 Å². The lowest BCUT2D eigenvalue weighted by atomic mass is 9.63. The van der Waals surface area contributed by atoms with Gasteiger partial charge in [-0.1, -0.05) is 152 Å². The van der Waals surface area contributed by atoms with Gasteiger partial charge >= 0.3 is 0 Å². The van der Waals surface area contributed by atoms with Gasteiger partial charge in [-0.15, -0.1) is 0 Å². The van der Waals surface area contributed by atoms with Crippen LogP contribution in [0.25, 0.3) is 23.3 Å². The topological polar surface area (TPSA) is 134 Å². The third-order valence-electron chi connectivity index (χ3n) is 14.7. The first-order valence-corrected chi connectivity index (χ1v) is 22.3. The first kappa shape index (κ1) is 46.5. The molecule has 334 valence electrons. The monoisotopic (exact) mass is 854 g/mol. The number of Topliss-reactive ketones (excluding diaryl/α,β-unsaturated/α-hetero) is 2. The Morgan fingerprint density at radius 3 is 1.40 bits per heavy atom. The van der Waals surface area contributed by atoms with E-state index in [9.17, 15) is 30.0 Å². The number of carbonyl (C=O) groups is 2. The second-order valence-corrected chi connectivity index (χ2v) is 21.0. The highest BCUT2D eigenvalue weighted by Gasteiger charge is 2.62. The van der Waals surface area contributed by atoms with Crippen LogP contribution < -0.4 is 0 Å². The molecular formula is C55H66O8. The first-order chi connectivity index (χ1) is 29.4. The van der Waals surface area contributed by atoms with Crippen molar-refractivity contribution < 1.29 is 39.5 Å². The number of carbonyl (C=O) groups excluding carboxylic acids is 2. The van der Waals surface area contributed by atoms with Gasteiger partial charge < -0.3 is 29.9 Å². The summed E-state index contributed by atoms with van der Waals surface area (Å²) in [5, 5.41) is 46.1. The van der Waals surface area contributed by atoms with Crippen molar-refractivity contribution in [3.8, 4) is 0 Å². The van der Waals surface area contributed by atoms with E-state index in [4.69, 9.17) is 9.47 Å². The van der Waals surface area contributed by atoms with Crippen molar-refractivity contribution in [1.82, 2.24) is 0 Å². The van der Waals surface area contributed by atoms with Crippen molar-refractivity contribution in [1.29, 1.82) is 0 Å². The van der Waals surface area contributed by atoms with Crippen LogP contribution in [0.1, 0.15) is 160 Å². The van der Waals surface area contributed by atoms with Gasteiger partial charge in [-0.2, -0.15) is 0 Å². The fraction of sp³-hybridized carbons (Fsp3) is 0.455. The Hall–Kier alpha value is -4.54. The molecule has 8 nitrogen and oxygen atoms in total. The molecule has 1 heterocycles. The van der Waals surface area contributed by atoms with E-state index in [1.165, 1.54) is 41.5 Å². The zero-order chi connectivity index (χ0) is 46.0. The minimum absolute atomic E-state index is 0.00126. The van der Waals surface area contributed by atoms with Crippen LogP contribution in [-0.2, 0) is 31.1 Å². The number of allylic oxidation sites excluding steroid dienone is 2. The highest BCUT2D eigenvalue weighted by atomic mass is 16.7. The van der Waals surface area contributed by atoms with Gasteiger partial charge in [-0.05, 0) is 117 Å². The smallest absolute Gasteiger partial charge is 0.200 e. The molecule has 4 aromatic rings. The zero-order valence-electron chi connectivity index (χ0n) is 38.9. The molecule has 2 aliphatic carbocycles. The number of benzene rings is 4. The quantitative estimate of drug-likeness (QED) is 0.0916. The largest absolute Gasteiger partial charge is 0.387 e. The molecule has 1 fully saturated rings. The Bertz CT molecular complexity index is 2450. The van der Waals surface area contributed by atoms with Crippen molar-refractivity contribution in [3.05, 3.63) is 141 Å². The summed E-state index contributed by atoms with van der Waals surface area (Å²) >= 11 is 0. The first-order valence-electron chi connectivity index (χ1n) is 22.3. The van der Waals surface area contributed by atoms with Gasteiger partial charge in [-0.25, -0.2) is 0 Å². The summed E-state index contributed by atoms with van der Waals surface area (Å²) in [7, 11) is 1.19. The van der Waals surface area contributed by atoms with Gasteiger partial charge in [0, 0.05) is 18.2 Å². The average molecular weight is 855 g/mol. The Balaban J connectivity index is 1.07. The van der Waals surface area contributed by atoms with E-state index in [1.807, 2.05) is 19.1 Å². The standard InChI is InChI=1S/C55H66O8/c1-32(38-20-22-40-42(30-38)53(7,8)26-24-51(40,3)4)28-34-12-16-36(17-13-34)44(56)45(57)46-48(59)55(61,49(60)50(62-11)63-46)47(58)37-18-14-35(15-19-37)29-33(2)39-21-23-41-43(31-39)54(9,10)27-25-52(41,5)6/h12-23,28-31,45-46,48-50,57,59-61H,24-27H2,1-11H3/t45?,46-,48-,49+,50+,55+/m1/s1. The van der Waals surface area contributed by atoms with Gasteiger partial charge in [0.15, 0.2) is 23.5 Å². The van der Waals surface area contributed by atoms with Crippen molar-refractivity contribution in [2.75, 3.05) is 7.11 Å². The third kappa shape index (κ3) is 8.59. The van der Waals surface area contributed by atoms with Crippen LogP contribution in [-0.4, -0.2) is 75.4 Å². The van der Waals surface area contributed by atoms with Gasteiger partial charge in [0.1, 0.15) is 24.4 Å². The summed E-state index contributed by atoms with van der Waals surface area (Å²) in [5.74, 6) is -1.81. The van der Waals surface area contributed by atoms with Crippen LogP contribution in [0.2, 0.25) is 0 Å². The summed E-state index contributed by atoms with van der Waals surface area (Å²) in [6, 6.07) is 26.6. The average Bonchev–Trinajstić information content (AvgIpc) is 3.25. The van der Waals surface area contributed by atoms with Crippen molar-refractivity contribution in [2.24, 2.45) is 0 Å². The predicted molar refractivity (Wildman–Crippen MR) is 251 cm³/mol. The van der Waals surface area contributed by atoms with Gasteiger partial charge in [0.05, 0.1) is 0 Å². The molecule has 1 saturated heterocycles. The number of hydrogen-bond donors (Lipinski definition) is 4. The molecular weight excluding hydrogens is 789 g/mol. The molecule has 0 bridgehead atoms. The molecule has 0 aromatic heterocycles. The number of hydrogen-bond acceptors (Lipinski definition) is 8. The molecule has 4 N–H and O–H groups in total. The fourth-order valence-corrected chi connectivity index (χ4v) is 10.00. The lowest BCUT2D eigenvalue weighted by Crippen LogP contribution is -2.72. The van der Waals surface area contributed by atoms with Crippen LogP contribution in [0.15, 0.2) is 84.9 Å². The molecule has 3 aliphatic rings. The van der Waals surface area contributed by atoms with E-state index in [2.05, 4.69) is 98.7 Å². The molecule has 4 aromatic carbocycles. The molecule has 6 atom stereocenters. The zero-order valence-corrected chi connectivity index (χ0v) is 38.9. The molecule has 63 heavy (non-hydrogen) atoms. The number of rotatable bonds is 10. The molecule has 0 amide bonds. The van der Waals surface area contributed by atoms with E-state index in [1.54, 1.807) is 36.4 Å². The summed E-state index contributed by atoms with van der Waals surface area (Å²) in [6.07, 6.45) is -1.19. The second kappa shape index (κ2) is 16.8. The van der Waals surface area contributed by atoms with Crippen LogP contribution in [0.4, 0.5) is 0 Å². The summed E-state index contributed by atoms with van der Waals surface area (Å²) in [4.78, 5) is 27.9. The summed E-state index contributed by atoms with van der Waals surface area (Å²) in [6.45, 7) is 22.5. The molecule has 1 unspecified atom stereocenters. The van der Waals surface area contributed by atoms with Crippen LogP contribution >= 0.6 is 0 Å². The van der Waals surface area contributed by atoms with Crippen LogP contribution in [0, 0.1) is 0 Å². The summed E-state index contributed by atoms with van der Waals surface area (Å²) < 4.78 is 11.0. The minimum atomic E-state index is -2.89. The van der Waals surface area contributed by atoms with Crippen LogP contribution in [0.5, 0.6) is 0 Å². The van der Waals surface area contributed by atoms with E-state index < -0.39 is 47.9 Å². The summed E-state index contributed by atoms with van der Waals surface area (Å²) in [5.41, 5.74) is 9.06. The molecule has 0 radical (unpaired) electrons. The molecule has 1 aliphatic heterocycles. The lowest BCUT2D eigenvalue weighted by Gasteiger charge is -2.47. The van der Waals surface area contributed by atoms with Gasteiger partial charge in [-0.3, -0.25) is 9.59 Å². The number of ether oxygens (including phenoxy) is 2. The fourth-order valence-electron chi connectivity index (χ4n) is 10.00. The Morgan fingerprint density at radius 2 is 0.984 bits per heavy atom. The maximum absolute atomic E-state index is 14.1. The van der Waals surface area contributed by atoms with E-state index in [-0.39, 0.29) is 32.8 Å². The third-order valence-corrected chi connectivity index (χ3v) is 14.7. The number of ketones is 2. The molecule has 0 saturated carbocycles. The van der Waals surface area contributed by atoms with Crippen molar-refractivity contribution in [3.63, 3.8) is 0 Å². The van der Waals surface area contributed by atoms with Gasteiger partial charge in [0.25, 0.3) is 0 Å². The number of aliphatic hydroxyl groups is 4. The van der Waals surface area contributed by atoms with Crippen molar-refractivity contribution >= 4 is 34.9 Å². The van der Waals surface area contributed by atoms with Gasteiger partial charge in [0.2, 0.25) is 0 Å². The number of aliphatic hydroxyl groups excluding tert-OH is 3. The Labute approximate surface area is 373 Å². The van der Waals surface area contributed by atoms with E-state index in [0.717, 1.165) is 59.1 Å². The molecule has 0 spiro atoms. The Morgan fingerprint density at radius 1 is 0.603 bits per heavy atom. The lowest BCUT2D eigenvalue weighted by molar-refractivity contribution is -0.317.